The van der Waals surface area contributed by atoms with Crippen LogP contribution in [0.15, 0.2) is 90.0 Å². The third-order valence-electron chi connectivity index (χ3n) is 7.35. The van der Waals surface area contributed by atoms with E-state index in [0.717, 1.165) is 4.90 Å². The van der Waals surface area contributed by atoms with Gasteiger partial charge in [0.1, 0.15) is 22.4 Å². The number of alkyl halides is 3. The van der Waals surface area contributed by atoms with Crippen LogP contribution in [-0.2, 0) is 9.61 Å². The van der Waals surface area contributed by atoms with E-state index in [2.05, 4.69) is 21.6 Å². The number of thioether (sulfide) groups is 1. The van der Waals surface area contributed by atoms with Crippen molar-refractivity contribution in [1.82, 2.24) is 20.1 Å². The Morgan fingerprint density at radius 2 is 1.64 bits per heavy atom. The molecule has 0 radical (unpaired) electrons. The molecule has 2 fully saturated rings. The molecule has 2 saturated heterocycles. The van der Waals surface area contributed by atoms with E-state index in [4.69, 9.17) is 9.47 Å². The Morgan fingerprint density at radius 1 is 1.00 bits per heavy atom. The Bertz CT molecular complexity index is 1770. The van der Waals surface area contributed by atoms with Crippen LogP contribution < -0.4 is 19.9 Å². The number of anilines is 2. The number of morpholine rings is 1. The number of carbonyl (C=O) groups excluding carboxylic acids is 1. The lowest BCUT2D eigenvalue weighted by Gasteiger charge is -2.44. The van der Waals surface area contributed by atoms with Gasteiger partial charge in [-0.05, 0) is 29.8 Å². The number of rotatable bonds is 6. The molecular weight excluding hydrogens is 607 g/mol. The van der Waals surface area contributed by atoms with Gasteiger partial charge in [-0.15, -0.1) is 10.2 Å². The molecule has 230 valence electrons. The van der Waals surface area contributed by atoms with Gasteiger partial charge < -0.3 is 19.7 Å². The summed E-state index contributed by atoms with van der Waals surface area (Å²) >= 11 is 0.297. The summed E-state index contributed by atoms with van der Waals surface area (Å²) in [6.07, 6.45) is -4.99. The van der Waals surface area contributed by atoms with Gasteiger partial charge >= 0.3 is 12.2 Å². The van der Waals surface area contributed by atoms with E-state index in [1.54, 1.807) is 53.1 Å². The standard InChI is InChI=1S/C31H26F3N7O3S/c1-43-25-15-9-8-14-24(25)41-27(45-30(31(32,33)34,36-29(41)42)21-10-4-2-5-11-21)23(20-35)26-37-38-28(39-16-18-44-19-17-39)40(26)22-12-6-3-7-13-22/h2-15H,16-19H2,1H3,(H,36,42). The largest absolute Gasteiger partial charge is 0.495 e. The topological polar surface area (TPSA) is 109 Å². The summed E-state index contributed by atoms with van der Waals surface area (Å²) in [6, 6.07) is 23.3. The molecule has 2 aliphatic rings. The SMILES string of the molecule is COc1ccccc1N1C(=O)NC(c2ccccc2)(C(F)(F)F)SC1=C(C#N)c1nnc(N2CCOCC2)n1-c1ccccc1. The minimum atomic E-state index is -4.99. The van der Waals surface area contributed by atoms with Crippen molar-refractivity contribution in [2.24, 2.45) is 0 Å². The first-order valence-electron chi connectivity index (χ1n) is 13.8. The van der Waals surface area contributed by atoms with E-state index in [-0.39, 0.29) is 33.4 Å². The number of urea groups is 1. The molecule has 0 saturated carbocycles. The van der Waals surface area contributed by atoms with Crippen molar-refractivity contribution in [3.8, 4) is 17.5 Å². The number of halogens is 3. The number of hydrogen-bond donors (Lipinski definition) is 1. The number of nitriles is 1. The number of carbonyl (C=O) groups is 1. The van der Waals surface area contributed by atoms with E-state index in [1.807, 2.05) is 11.0 Å². The summed E-state index contributed by atoms with van der Waals surface area (Å²) in [6.45, 7) is 1.84. The van der Waals surface area contributed by atoms with E-state index < -0.39 is 17.1 Å². The molecule has 1 atom stereocenters. The summed E-state index contributed by atoms with van der Waals surface area (Å²) in [7, 11) is 1.38. The van der Waals surface area contributed by atoms with E-state index in [0.29, 0.717) is 49.7 Å². The fourth-order valence-corrected chi connectivity index (χ4v) is 6.53. The highest BCUT2D eigenvalue weighted by molar-refractivity contribution is 8.04. The van der Waals surface area contributed by atoms with Crippen molar-refractivity contribution in [1.29, 1.82) is 5.26 Å². The monoisotopic (exact) mass is 633 g/mol. The van der Waals surface area contributed by atoms with Gasteiger partial charge in [0, 0.05) is 13.1 Å². The molecule has 3 heterocycles. The first-order valence-corrected chi connectivity index (χ1v) is 14.7. The van der Waals surface area contributed by atoms with Crippen LogP contribution in [0.5, 0.6) is 5.75 Å². The molecule has 14 heteroatoms. The second-order valence-corrected chi connectivity index (χ2v) is 11.2. The molecular formula is C31H26F3N7O3S. The minimum Gasteiger partial charge on any atom is -0.495 e. The smallest absolute Gasteiger partial charge is 0.425 e. The summed E-state index contributed by atoms with van der Waals surface area (Å²) < 4.78 is 58.3. The van der Waals surface area contributed by atoms with Crippen molar-refractivity contribution in [3.05, 3.63) is 101 Å². The molecule has 6 rings (SSSR count). The number of para-hydroxylation sites is 3. The molecule has 2 aliphatic heterocycles. The molecule has 4 aromatic rings. The van der Waals surface area contributed by atoms with Gasteiger partial charge in [-0.25, -0.2) is 4.79 Å². The lowest BCUT2D eigenvalue weighted by Crippen LogP contribution is -2.61. The summed E-state index contributed by atoms with van der Waals surface area (Å²) in [5.41, 5.74) is 0.201. The van der Waals surface area contributed by atoms with Gasteiger partial charge in [0.05, 0.1) is 31.7 Å². The van der Waals surface area contributed by atoms with Crippen molar-refractivity contribution in [2.45, 2.75) is 11.0 Å². The van der Waals surface area contributed by atoms with Gasteiger partial charge in [0.2, 0.25) is 10.8 Å². The number of amides is 2. The maximum absolute atomic E-state index is 15.2. The van der Waals surface area contributed by atoms with Crippen LogP contribution in [0.2, 0.25) is 0 Å². The van der Waals surface area contributed by atoms with Crippen molar-refractivity contribution in [2.75, 3.05) is 43.2 Å². The normalized spacial score (nSPS) is 19.9. The predicted molar refractivity (Wildman–Crippen MR) is 163 cm³/mol. The fourth-order valence-electron chi connectivity index (χ4n) is 5.22. The fraction of sp³-hybridized carbons (Fsp3) is 0.226. The number of hydrogen-bond acceptors (Lipinski definition) is 8. The number of nitrogens with zero attached hydrogens (tertiary/aromatic N) is 6. The van der Waals surface area contributed by atoms with Crippen LogP contribution >= 0.6 is 11.8 Å². The van der Waals surface area contributed by atoms with Crippen molar-refractivity contribution >= 4 is 35.0 Å². The maximum Gasteiger partial charge on any atom is 0.425 e. The van der Waals surface area contributed by atoms with Gasteiger partial charge in [-0.3, -0.25) is 9.47 Å². The Labute approximate surface area is 260 Å². The zero-order chi connectivity index (χ0) is 31.6. The second kappa shape index (κ2) is 12.2. The van der Waals surface area contributed by atoms with Crippen LogP contribution in [0.1, 0.15) is 11.4 Å². The van der Waals surface area contributed by atoms with Gasteiger partial charge in [-0.1, -0.05) is 72.4 Å². The molecule has 1 unspecified atom stereocenters. The molecule has 1 N–H and O–H groups in total. The van der Waals surface area contributed by atoms with Crippen LogP contribution in [0.25, 0.3) is 11.3 Å². The molecule has 0 spiro atoms. The van der Waals surface area contributed by atoms with Crippen LogP contribution in [-0.4, -0.2) is 60.4 Å². The molecule has 0 bridgehead atoms. The Kier molecular flexibility index (Phi) is 8.13. The van der Waals surface area contributed by atoms with Crippen molar-refractivity contribution in [3.63, 3.8) is 0 Å². The zero-order valence-corrected chi connectivity index (χ0v) is 24.7. The third-order valence-corrected chi connectivity index (χ3v) is 8.80. The molecule has 45 heavy (non-hydrogen) atoms. The number of nitrogens with one attached hydrogen (secondary N) is 1. The van der Waals surface area contributed by atoms with Crippen LogP contribution in [0, 0.1) is 11.3 Å². The molecule has 0 aliphatic carbocycles. The predicted octanol–water partition coefficient (Wildman–Crippen LogP) is 5.68. The Hall–Kier alpha value is -5.00. The lowest BCUT2D eigenvalue weighted by molar-refractivity contribution is -0.167. The molecule has 1 aromatic heterocycles. The first kappa shape index (κ1) is 30.0. The molecule has 2 amide bonds. The highest BCUT2D eigenvalue weighted by Gasteiger charge is 2.62. The molecule has 10 nitrogen and oxygen atoms in total. The number of methoxy groups -OCH3 is 1. The van der Waals surface area contributed by atoms with Crippen LogP contribution in [0.4, 0.5) is 29.6 Å². The Morgan fingerprint density at radius 3 is 2.29 bits per heavy atom. The summed E-state index contributed by atoms with van der Waals surface area (Å²) in [5.74, 6) is 0.555. The number of benzene rings is 3. The third kappa shape index (κ3) is 5.34. The summed E-state index contributed by atoms with van der Waals surface area (Å²) in [4.78, 5) is 14.0. The average Bonchev–Trinajstić information content (AvgIpc) is 3.50. The minimum absolute atomic E-state index is 0.0357. The maximum atomic E-state index is 15.2. The van der Waals surface area contributed by atoms with Crippen LogP contribution in [0.3, 0.4) is 0 Å². The number of aromatic nitrogens is 3. The molecule has 3 aromatic carbocycles. The zero-order valence-electron chi connectivity index (χ0n) is 23.9. The van der Waals surface area contributed by atoms with Crippen molar-refractivity contribution < 1.29 is 27.4 Å². The lowest BCUT2D eigenvalue weighted by atomic mass is 10.1. The highest BCUT2D eigenvalue weighted by atomic mass is 32.2. The number of ether oxygens (including phenoxy) is 2. The van der Waals surface area contributed by atoms with Gasteiger partial charge in [0.15, 0.2) is 5.82 Å². The van der Waals surface area contributed by atoms with E-state index in [1.165, 1.54) is 37.4 Å². The van der Waals surface area contributed by atoms with Gasteiger partial charge in [-0.2, -0.15) is 18.4 Å². The number of allylic oxidation sites excluding steroid dienone is 1. The Balaban J connectivity index is 1.65. The quantitative estimate of drug-likeness (QED) is 0.270. The van der Waals surface area contributed by atoms with Gasteiger partial charge in [0.25, 0.3) is 0 Å². The highest BCUT2D eigenvalue weighted by Crippen LogP contribution is 2.56. The second-order valence-electron chi connectivity index (χ2n) is 9.97. The van der Waals surface area contributed by atoms with E-state index in [9.17, 15) is 10.1 Å². The average molecular weight is 634 g/mol. The summed E-state index contributed by atoms with van der Waals surface area (Å²) in [5, 5.41) is 21.4. The first-order chi connectivity index (χ1) is 21.8. The van der Waals surface area contributed by atoms with E-state index >= 15 is 13.2 Å².